The summed E-state index contributed by atoms with van der Waals surface area (Å²) in [6.07, 6.45) is 0.361. The number of nitro benzene ring substituents is 1. The Balaban J connectivity index is 2.28. The lowest BCUT2D eigenvalue weighted by Gasteiger charge is -2.33. The molecule has 12 nitrogen and oxygen atoms in total. The van der Waals surface area contributed by atoms with Gasteiger partial charge < -0.3 is 15.3 Å². The maximum atomic E-state index is 11.5. The summed E-state index contributed by atoms with van der Waals surface area (Å²) < 4.78 is 0. The van der Waals surface area contributed by atoms with E-state index in [9.17, 15) is 34.7 Å². The maximum Gasteiger partial charge on any atom is 0.317 e. The summed E-state index contributed by atoms with van der Waals surface area (Å²) in [5.74, 6) is -3.11. The van der Waals surface area contributed by atoms with Crippen molar-refractivity contribution in [2.45, 2.75) is 12.5 Å². The summed E-state index contributed by atoms with van der Waals surface area (Å²) in [6, 6.07) is 5.57. The number of hydrogen-bond acceptors (Lipinski definition) is 8. The molecular formula is C19H26N4O8. The zero-order chi connectivity index (χ0) is 23.0. The molecule has 1 saturated heterocycles. The first-order valence-electron chi connectivity index (χ1n) is 9.71. The van der Waals surface area contributed by atoms with Gasteiger partial charge in [0.1, 0.15) is 0 Å². The first kappa shape index (κ1) is 24.2. The fourth-order valence-electron chi connectivity index (χ4n) is 3.64. The van der Waals surface area contributed by atoms with Crippen molar-refractivity contribution in [1.82, 2.24) is 14.7 Å². The monoisotopic (exact) mass is 438 g/mol. The Morgan fingerprint density at radius 3 is 1.94 bits per heavy atom. The molecule has 0 unspecified atom stereocenters. The topological polar surface area (TPSA) is 165 Å². The number of hydrogen-bond donors (Lipinski definition) is 3. The van der Waals surface area contributed by atoms with Gasteiger partial charge in [-0.3, -0.25) is 39.2 Å². The van der Waals surface area contributed by atoms with E-state index in [4.69, 9.17) is 5.11 Å². The lowest BCUT2D eigenvalue weighted by atomic mass is 10.0. The predicted octanol–water partition coefficient (Wildman–Crippen LogP) is -0.321. The van der Waals surface area contributed by atoms with Crippen LogP contribution in [0.15, 0.2) is 24.3 Å². The van der Waals surface area contributed by atoms with E-state index in [1.807, 2.05) is 0 Å². The first-order valence-corrected chi connectivity index (χ1v) is 9.71. The van der Waals surface area contributed by atoms with Gasteiger partial charge in [-0.1, -0.05) is 12.1 Å². The summed E-state index contributed by atoms with van der Waals surface area (Å²) in [6.45, 7) is 0.738. The van der Waals surface area contributed by atoms with Gasteiger partial charge in [0.2, 0.25) is 0 Å². The van der Waals surface area contributed by atoms with Gasteiger partial charge in [-0.05, 0) is 12.0 Å². The molecule has 3 N–H and O–H groups in total. The fraction of sp³-hybridized carbons (Fsp3) is 0.526. The van der Waals surface area contributed by atoms with E-state index < -0.39 is 22.8 Å². The van der Waals surface area contributed by atoms with E-state index in [1.54, 1.807) is 26.8 Å². The summed E-state index contributed by atoms with van der Waals surface area (Å²) in [5, 5.41) is 38.6. The van der Waals surface area contributed by atoms with Gasteiger partial charge >= 0.3 is 17.9 Å². The molecule has 1 atom stereocenters. The highest BCUT2D eigenvalue weighted by Gasteiger charge is 2.28. The first-order chi connectivity index (χ1) is 14.6. The van der Waals surface area contributed by atoms with Gasteiger partial charge in [0.25, 0.3) is 5.69 Å². The Kier molecular flexibility index (Phi) is 8.85. The molecule has 0 aliphatic carbocycles. The highest BCUT2D eigenvalue weighted by Crippen LogP contribution is 2.17. The van der Waals surface area contributed by atoms with Crippen LogP contribution in [0.5, 0.6) is 0 Å². The molecule has 0 spiro atoms. The Labute approximate surface area is 178 Å². The molecule has 1 heterocycles. The number of aliphatic carboxylic acids is 3. The smallest absolute Gasteiger partial charge is 0.317 e. The third-order valence-corrected chi connectivity index (χ3v) is 5.10. The van der Waals surface area contributed by atoms with E-state index in [0.29, 0.717) is 26.1 Å². The van der Waals surface area contributed by atoms with E-state index in [0.717, 1.165) is 5.56 Å². The van der Waals surface area contributed by atoms with Crippen molar-refractivity contribution in [3.63, 3.8) is 0 Å². The number of rotatable bonds is 9. The van der Waals surface area contributed by atoms with Crippen LogP contribution in [-0.4, -0.2) is 111 Å². The number of carboxylic acids is 3. The Bertz CT molecular complexity index is 801. The van der Waals surface area contributed by atoms with Crippen LogP contribution in [0, 0.1) is 10.1 Å². The van der Waals surface area contributed by atoms with Crippen molar-refractivity contribution >= 4 is 23.6 Å². The standard InChI is InChI=1S/C19H26N4O8/c24-17(25)11-20-5-6-21(12-18(26)27)10-16(22(8-7-20)13-19(28)29)9-14-1-3-15(4-2-14)23(30)31/h1-4,16H,5-13H2,(H,24,25)(H,26,27)(H,28,29)/t16-/m0/s1. The van der Waals surface area contributed by atoms with Crippen molar-refractivity contribution in [2.75, 3.05) is 52.4 Å². The van der Waals surface area contributed by atoms with Crippen LogP contribution in [0.1, 0.15) is 5.56 Å². The molecule has 2 rings (SSSR count). The van der Waals surface area contributed by atoms with Crippen LogP contribution in [0.4, 0.5) is 5.69 Å². The minimum Gasteiger partial charge on any atom is -0.480 e. The Morgan fingerprint density at radius 2 is 1.39 bits per heavy atom. The second kappa shape index (κ2) is 11.3. The van der Waals surface area contributed by atoms with Gasteiger partial charge in [-0.2, -0.15) is 0 Å². The third kappa shape index (κ3) is 8.28. The van der Waals surface area contributed by atoms with E-state index >= 15 is 0 Å². The molecule has 0 aromatic heterocycles. The minimum absolute atomic E-state index is 0.0579. The summed E-state index contributed by atoms with van der Waals surface area (Å²) in [4.78, 5) is 49.3. The summed E-state index contributed by atoms with van der Waals surface area (Å²) >= 11 is 0. The van der Waals surface area contributed by atoms with Crippen LogP contribution in [0.25, 0.3) is 0 Å². The number of carbonyl (C=O) groups is 3. The molecule has 1 aromatic rings. The zero-order valence-corrected chi connectivity index (χ0v) is 16.9. The number of benzene rings is 1. The molecular weight excluding hydrogens is 412 g/mol. The van der Waals surface area contributed by atoms with Crippen LogP contribution < -0.4 is 0 Å². The molecule has 1 aliphatic heterocycles. The summed E-state index contributed by atoms with van der Waals surface area (Å²) in [5.41, 5.74) is 0.695. The van der Waals surface area contributed by atoms with Crippen molar-refractivity contribution < 1.29 is 34.6 Å². The molecule has 1 aliphatic rings. The predicted molar refractivity (Wildman–Crippen MR) is 108 cm³/mol. The second-order valence-corrected chi connectivity index (χ2v) is 7.44. The van der Waals surface area contributed by atoms with Crippen molar-refractivity contribution in [3.05, 3.63) is 39.9 Å². The number of non-ortho nitro benzene ring substituents is 1. The van der Waals surface area contributed by atoms with Crippen LogP contribution in [-0.2, 0) is 20.8 Å². The minimum atomic E-state index is -1.05. The quantitative estimate of drug-likeness (QED) is 0.342. The average Bonchev–Trinajstić information content (AvgIpc) is 2.73. The van der Waals surface area contributed by atoms with Crippen molar-refractivity contribution in [3.8, 4) is 0 Å². The van der Waals surface area contributed by atoms with Gasteiger partial charge in [0, 0.05) is 50.9 Å². The number of carboxylic acid groups (broad SMARTS) is 3. The number of nitro groups is 1. The molecule has 1 aromatic carbocycles. The third-order valence-electron chi connectivity index (χ3n) is 5.10. The Hall–Kier alpha value is -3.09. The Morgan fingerprint density at radius 1 is 0.871 bits per heavy atom. The normalized spacial score (nSPS) is 19.2. The van der Waals surface area contributed by atoms with Crippen molar-refractivity contribution in [2.24, 2.45) is 0 Å². The molecule has 1 fully saturated rings. The lowest BCUT2D eigenvalue weighted by Crippen LogP contribution is -2.49. The number of nitrogens with zero attached hydrogens (tertiary/aromatic N) is 4. The summed E-state index contributed by atoms with van der Waals surface area (Å²) in [7, 11) is 0. The lowest BCUT2D eigenvalue weighted by molar-refractivity contribution is -0.384. The van der Waals surface area contributed by atoms with Crippen molar-refractivity contribution in [1.29, 1.82) is 0 Å². The van der Waals surface area contributed by atoms with Gasteiger partial charge in [-0.25, -0.2) is 0 Å². The van der Waals surface area contributed by atoms with E-state index in [-0.39, 0.29) is 44.5 Å². The van der Waals surface area contributed by atoms with Crippen LogP contribution in [0.3, 0.4) is 0 Å². The molecule has 0 bridgehead atoms. The highest BCUT2D eigenvalue weighted by atomic mass is 16.6. The van der Waals surface area contributed by atoms with Crippen LogP contribution >= 0.6 is 0 Å². The van der Waals surface area contributed by atoms with E-state index in [1.165, 1.54) is 12.1 Å². The second-order valence-electron chi connectivity index (χ2n) is 7.44. The fourth-order valence-corrected chi connectivity index (χ4v) is 3.64. The highest BCUT2D eigenvalue weighted by molar-refractivity contribution is 5.70. The van der Waals surface area contributed by atoms with Gasteiger partial charge in [0.05, 0.1) is 24.6 Å². The zero-order valence-electron chi connectivity index (χ0n) is 16.9. The SMILES string of the molecule is O=C(O)CN1CCN(CC(=O)O)C[C@H](Cc2ccc([N+](=O)[O-])cc2)N(CC(=O)O)CC1. The molecule has 0 amide bonds. The molecule has 12 heteroatoms. The molecule has 0 saturated carbocycles. The van der Waals surface area contributed by atoms with Gasteiger partial charge in [-0.15, -0.1) is 0 Å². The molecule has 0 radical (unpaired) electrons. The molecule has 170 valence electrons. The molecule has 31 heavy (non-hydrogen) atoms. The maximum absolute atomic E-state index is 11.5. The largest absolute Gasteiger partial charge is 0.480 e. The van der Waals surface area contributed by atoms with Gasteiger partial charge in [0.15, 0.2) is 0 Å². The van der Waals surface area contributed by atoms with Crippen LogP contribution in [0.2, 0.25) is 0 Å². The average molecular weight is 438 g/mol. The van der Waals surface area contributed by atoms with E-state index in [2.05, 4.69) is 0 Å².